The molecule has 21 heavy (non-hydrogen) atoms. The van der Waals surface area contributed by atoms with E-state index in [4.69, 9.17) is 11.6 Å². The van der Waals surface area contributed by atoms with E-state index in [9.17, 15) is 14.7 Å². The second-order valence-corrected chi connectivity index (χ2v) is 5.49. The Labute approximate surface area is 125 Å². The van der Waals surface area contributed by atoms with E-state index in [0.717, 1.165) is 0 Å². The Bertz CT molecular complexity index is 787. The number of amides is 1. The van der Waals surface area contributed by atoms with E-state index in [1.165, 1.54) is 4.57 Å². The third kappa shape index (κ3) is 2.30. The quantitative estimate of drug-likeness (QED) is 0.827. The normalized spacial score (nSPS) is 22.3. The van der Waals surface area contributed by atoms with Gasteiger partial charge in [-0.25, -0.2) is 4.98 Å². The first kappa shape index (κ1) is 14.0. The molecule has 1 aromatic heterocycles. The van der Waals surface area contributed by atoms with Crippen LogP contribution < -0.4 is 10.9 Å². The van der Waals surface area contributed by atoms with Gasteiger partial charge < -0.3 is 10.4 Å². The molecular formula is C14H14ClN3O3. The van der Waals surface area contributed by atoms with Gasteiger partial charge in [-0.3, -0.25) is 14.2 Å². The van der Waals surface area contributed by atoms with Crippen LogP contribution in [0.3, 0.4) is 0 Å². The van der Waals surface area contributed by atoms with Crippen LogP contribution in [0.15, 0.2) is 23.0 Å². The topological polar surface area (TPSA) is 84.2 Å². The minimum Gasteiger partial charge on any atom is -0.374 e. The fourth-order valence-electron chi connectivity index (χ4n) is 2.71. The lowest BCUT2D eigenvalue weighted by atomic mass is 10.0. The van der Waals surface area contributed by atoms with Crippen LogP contribution in [0.1, 0.15) is 24.7 Å². The van der Waals surface area contributed by atoms with Gasteiger partial charge in [0.2, 0.25) is 5.91 Å². The predicted octanol–water partition coefficient (Wildman–Crippen LogP) is 1.13. The summed E-state index contributed by atoms with van der Waals surface area (Å²) in [6.07, 6.45) is -0.0874. The molecule has 0 radical (unpaired) electrons. The lowest BCUT2D eigenvalue weighted by molar-refractivity contribution is -0.130. The Morgan fingerprint density at radius 2 is 2.14 bits per heavy atom. The van der Waals surface area contributed by atoms with E-state index < -0.39 is 12.3 Å². The van der Waals surface area contributed by atoms with Crippen molar-refractivity contribution in [3.63, 3.8) is 0 Å². The zero-order valence-corrected chi connectivity index (χ0v) is 12.1. The molecule has 6 nitrogen and oxygen atoms in total. The number of aliphatic hydroxyl groups is 1. The highest BCUT2D eigenvalue weighted by atomic mass is 35.5. The number of benzene rings is 1. The van der Waals surface area contributed by atoms with Crippen LogP contribution in [-0.2, 0) is 4.79 Å². The van der Waals surface area contributed by atoms with Gasteiger partial charge in [-0.05, 0) is 31.9 Å². The summed E-state index contributed by atoms with van der Waals surface area (Å²) in [6.45, 7) is 1.68. The summed E-state index contributed by atoms with van der Waals surface area (Å²) in [7, 11) is 0. The zero-order chi connectivity index (χ0) is 15.1. The third-order valence-corrected chi connectivity index (χ3v) is 4.01. The number of hydrogen-bond acceptors (Lipinski definition) is 4. The number of halogens is 1. The van der Waals surface area contributed by atoms with Crippen molar-refractivity contribution in [2.75, 3.05) is 0 Å². The highest BCUT2D eigenvalue weighted by Crippen LogP contribution is 2.23. The number of piperidine rings is 1. The standard InChI is InChI=1S/C14H14ClN3O3/c1-7-16-9-4-2-3-8(15)12(9)14(21)18(7)10-5-6-11(19)17-13(10)20/h2-4,10-11,19H,5-6H2,1H3,(H,17,20). The fraction of sp³-hybridized carbons (Fsp3) is 0.357. The van der Waals surface area contributed by atoms with Gasteiger partial charge in [0.1, 0.15) is 18.1 Å². The monoisotopic (exact) mass is 307 g/mol. The summed E-state index contributed by atoms with van der Waals surface area (Å²) in [4.78, 5) is 29.1. The number of hydrogen-bond donors (Lipinski definition) is 2. The van der Waals surface area contributed by atoms with Gasteiger partial charge in [0, 0.05) is 0 Å². The molecule has 0 saturated carbocycles. The maximum Gasteiger partial charge on any atom is 0.263 e. The summed E-state index contributed by atoms with van der Waals surface area (Å²) >= 11 is 6.09. The number of fused-ring (bicyclic) bond motifs is 1. The van der Waals surface area contributed by atoms with Crippen LogP contribution in [0.25, 0.3) is 10.9 Å². The first-order valence-corrected chi connectivity index (χ1v) is 7.02. The number of aliphatic hydroxyl groups excluding tert-OH is 1. The molecule has 110 valence electrons. The molecule has 2 heterocycles. The third-order valence-electron chi connectivity index (χ3n) is 3.69. The van der Waals surface area contributed by atoms with Crippen molar-refractivity contribution < 1.29 is 9.90 Å². The van der Waals surface area contributed by atoms with Crippen molar-refractivity contribution in [2.24, 2.45) is 0 Å². The average Bonchev–Trinajstić information content (AvgIpc) is 2.40. The summed E-state index contributed by atoms with van der Waals surface area (Å²) in [5.74, 6) is 0.0680. The van der Waals surface area contributed by atoms with Crippen LogP contribution in [-0.4, -0.2) is 26.8 Å². The van der Waals surface area contributed by atoms with Crippen LogP contribution in [0, 0.1) is 6.92 Å². The minimum atomic E-state index is -0.859. The van der Waals surface area contributed by atoms with Gasteiger partial charge in [-0.2, -0.15) is 0 Å². The second kappa shape index (κ2) is 5.13. The molecule has 3 rings (SSSR count). The Morgan fingerprint density at radius 1 is 1.38 bits per heavy atom. The number of nitrogens with one attached hydrogen (secondary N) is 1. The van der Waals surface area contributed by atoms with E-state index in [1.807, 2.05) is 0 Å². The Morgan fingerprint density at radius 3 is 2.86 bits per heavy atom. The molecule has 1 aliphatic heterocycles. The average molecular weight is 308 g/mol. The molecule has 2 unspecified atom stereocenters. The van der Waals surface area contributed by atoms with Crippen LogP contribution in [0.5, 0.6) is 0 Å². The Balaban J connectivity index is 2.21. The Hall–Kier alpha value is -1.92. The van der Waals surface area contributed by atoms with Gasteiger partial charge in [-0.1, -0.05) is 17.7 Å². The molecule has 2 aromatic rings. The van der Waals surface area contributed by atoms with E-state index in [1.54, 1.807) is 25.1 Å². The van der Waals surface area contributed by atoms with E-state index in [2.05, 4.69) is 10.3 Å². The lowest BCUT2D eigenvalue weighted by Crippen LogP contribution is -2.47. The lowest BCUT2D eigenvalue weighted by Gasteiger charge is -2.28. The molecule has 0 spiro atoms. The minimum absolute atomic E-state index is 0.309. The number of aromatic nitrogens is 2. The number of carbonyl (C=O) groups excluding carboxylic acids is 1. The fourth-order valence-corrected chi connectivity index (χ4v) is 2.96. The number of aryl methyl sites for hydroxylation is 1. The summed E-state index contributed by atoms with van der Waals surface area (Å²) < 4.78 is 1.36. The summed E-state index contributed by atoms with van der Waals surface area (Å²) in [5.41, 5.74) is 0.178. The van der Waals surface area contributed by atoms with Crippen molar-refractivity contribution in [3.8, 4) is 0 Å². The molecule has 2 atom stereocenters. The molecule has 0 aliphatic carbocycles. The second-order valence-electron chi connectivity index (χ2n) is 5.09. The first-order valence-electron chi connectivity index (χ1n) is 6.65. The van der Waals surface area contributed by atoms with Gasteiger partial charge >= 0.3 is 0 Å². The molecule has 0 bridgehead atoms. The van der Waals surface area contributed by atoms with E-state index in [0.29, 0.717) is 34.6 Å². The highest BCUT2D eigenvalue weighted by Gasteiger charge is 2.30. The number of nitrogens with zero attached hydrogens (tertiary/aromatic N) is 2. The maximum absolute atomic E-state index is 12.7. The predicted molar refractivity (Wildman–Crippen MR) is 78.2 cm³/mol. The zero-order valence-electron chi connectivity index (χ0n) is 11.3. The number of carbonyl (C=O) groups is 1. The van der Waals surface area contributed by atoms with Gasteiger partial charge in [0.05, 0.1) is 15.9 Å². The Kier molecular flexibility index (Phi) is 3.43. The van der Waals surface area contributed by atoms with Crippen molar-refractivity contribution in [3.05, 3.63) is 39.4 Å². The molecule has 1 aliphatic rings. The van der Waals surface area contributed by atoms with E-state index in [-0.39, 0.29) is 11.5 Å². The molecule has 1 amide bonds. The molecule has 1 saturated heterocycles. The maximum atomic E-state index is 12.7. The van der Waals surface area contributed by atoms with E-state index >= 15 is 0 Å². The van der Waals surface area contributed by atoms with Crippen LogP contribution >= 0.6 is 11.6 Å². The molecule has 7 heteroatoms. The van der Waals surface area contributed by atoms with Gasteiger partial charge in [0.15, 0.2) is 0 Å². The molecule has 2 N–H and O–H groups in total. The summed E-state index contributed by atoms with van der Waals surface area (Å²) in [5, 5.41) is 12.5. The smallest absolute Gasteiger partial charge is 0.263 e. The van der Waals surface area contributed by atoms with Crippen molar-refractivity contribution >= 4 is 28.4 Å². The van der Waals surface area contributed by atoms with Crippen molar-refractivity contribution in [1.29, 1.82) is 0 Å². The van der Waals surface area contributed by atoms with Crippen molar-refractivity contribution in [2.45, 2.75) is 32.0 Å². The van der Waals surface area contributed by atoms with Crippen LogP contribution in [0.4, 0.5) is 0 Å². The highest BCUT2D eigenvalue weighted by molar-refractivity contribution is 6.35. The van der Waals surface area contributed by atoms with Gasteiger partial charge in [-0.15, -0.1) is 0 Å². The number of rotatable bonds is 1. The molecule has 1 fully saturated rings. The van der Waals surface area contributed by atoms with Crippen molar-refractivity contribution in [1.82, 2.24) is 14.9 Å². The van der Waals surface area contributed by atoms with Gasteiger partial charge in [0.25, 0.3) is 5.56 Å². The molecule has 1 aromatic carbocycles. The largest absolute Gasteiger partial charge is 0.374 e. The summed E-state index contributed by atoms with van der Waals surface area (Å²) in [6, 6.07) is 4.39. The SMILES string of the molecule is Cc1nc2cccc(Cl)c2c(=O)n1C1CCC(O)NC1=O. The van der Waals surface area contributed by atoms with Crippen LogP contribution in [0.2, 0.25) is 5.02 Å². The molecular weight excluding hydrogens is 294 g/mol. The first-order chi connectivity index (χ1) is 9.99.